The third-order valence-corrected chi connectivity index (χ3v) is 2.77. The maximum atomic E-state index is 14.2. The van der Waals surface area contributed by atoms with E-state index in [1.165, 1.54) is 26.4 Å². The van der Waals surface area contributed by atoms with Gasteiger partial charge in [-0.3, -0.25) is 4.79 Å². The molecule has 98 valence electrons. The van der Waals surface area contributed by atoms with Crippen molar-refractivity contribution < 1.29 is 18.7 Å². The largest absolute Gasteiger partial charge is 0.493 e. The summed E-state index contributed by atoms with van der Waals surface area (Å²) in [4.78, 5) is 12.2. The van der Waals surface area contributed by atoms with Crippen LogP contribution in [0.3, 0.4) is 0 Å². The molecular weight excluding hydrogens is 247 g/mol. The SMILES string of the molecule is COc1ccc(C(=O)c2ccccc2)c(F)c1OC. The van der Waals surface area contributed by atoms with E-state index in [0.29, 0.717) is 5.56 Å². The van der Waals surface area contributed by atoms with Crippen molar-refractivity contribution in [1.29, 1.82) is 0 Å². The Morgan fingerprint density at radius 2 is 1.68 bits per heavy atom. The van der Waals surface area contributed by atoms with Crippen LogP contribution in [-0.2, 0) is 0 Å². The summed E-state index contributed by atoms with van der Waals surface area (Å²) in [5, 5.41) is 0. The molecule has 0 fully saturated rings. The summed E-state index contributed by atoms with van der Waals surface area (Å²) >= 11 is 0. The first kappa shape index (κ1) is 13.1. The highest BCUT2D eigenvalue weighted by Crippen LogP contribution is 2.32. The second-order valence-corrected chi connectivity index (χ2v) is 3.86. The zero-order valence-electron chi connectivity index (χ0n) is 10.6. The van der Waals surface area contributed by atoms with Crippen molar-refractivity contribution in [3.05, 3.63) is 59.4 Å². The molecule has 0 saturated carbocycles. The third kappa shape index (κ3) is 2.42. The van der Waals surface area contributed by atoms with Crippen molar-refractivity contribution in [2.45, 2.75) is 0 Å². The maximum Gasteiger partial charge on any atom is 0.197 e. The first-order chi connectivity index (χ1) is 9.19. The smallest absolute Gasteiger partial charge is 0.197 e. The highest BCUT2D eigenvalue weighted by Gasteiger charge is 2.20. The summed E-state index contributed by atoms with van der Waals surface area (Å²) in [5.74, 6) is -0.913. The normalized spacial score (nSPS) is 10.1. The van der Waals surface area contributed by atoms with Gasteiger partial charge in [-0.2, -0.15) is 0 Å². The second-order valence-electron chi connectivity index (χ2n) is 3.86. The van der Waals surface area contributed by atoms with Gasteiger partial charge in [0.15, 0.2) is 23.1 Å². The quantitative estimate of drug-likeness (QED) is 0.792. The number of ether oxygens (including phenoxy) is 2. The van der Waals surface area contributed by atoms with Crippen LogP contribution in [0.5, 0.6) is 11.5 Å². The van der Waals surface area contributed by atoms with Gasteiger partial charge in [0.25, 0.3) is 0 Å². The topological polar surface area (TPSA) is 35.5 Å². The number of methoxy groups -OCH3 is 2. The number of halogens is 1. The van der Waals surface area contributed by atoms with Gasteiger partial charge in [0.2, 0.25) is 0 Å². The van der Waals surface area contributed by atoms with Gasteiger partial charge in [-0.25, -0.2) is 4.39 Å². The van der Waals surface area contributed by atoms with Crippen molar-refractivity contribution in [2.75, 3.05) is 14.2 Å². The molecule has 3 nitrogen and oxygen atoms in total. The van der Waals surface area contributed by atoms with Crippen molar-refractivity contribution in [3.63, 3.8) is 0 Å². The van der Waals surface area contributed by atoms with E-state index < -0.39 is 5.82 Å². The summed E-state index contributed by atoms with van der Waals surface area (Å²) in [6.07, 6.45) is 0. The molecule has 0 aliphatic rings. The molecule has 0 spiro atoms. The molecule has 0 amide bonds. The number of hydrogen-bond donors (Lipinski definition) is 0. The Labute approximate surface area is 110 Å². The van der Waals surface area contributed by atoms with E-state index >= 15 is 0 Å². The summed E-state index contributed by atoms with van der Waals surface area (Å²) < 4.78 is 24.2. The van der Waals surface area contributed by atoms with E-state index in [-0.39, 0.29) is 22.8 Å². The van der Waals surface area contributed by atoms with Gasteiger partial charge < -0.3 is 9.47 Å². The Morgan fingerprint density at radius 3 is 2.26 bits per heavy atom. The molecule has 2 aromatic carbocycles. The van der Waals surface area contributed by atoms with Crippen LogP contribution in [0.4, 0.5) is 4.39 Å². The van der Waals surface area contributed by atoms with Crippen molar-refractivity contribution in [2.24, 2.45) is 0 Å². The van der Waals surface area contributed by atoms with Crippen molar-refractivity contribution in [3.8, 4) is 11.5 Å². The summed E-state index contributed by atoms with van der Waals surface area (Å²) in [6.45, 7) is 0. The lowest BCUT2D eigenvalue weighted by Gasteiger charge is -2.11. The summed E-state index contributed by atoms with van der Waals surface area (Å²) in [7, 11) is 2.74. The van der Waals surface area contributed by atoms with Crippen LogP contribution in [-0.4, -0.2) is 20.0 Å². The lowest BCUT2D eigenvalue weighted by atomic mass is 10.0. The molecule has 0 heterocycles. The van der Waals surface area contributed by atoms with Crippen LogP contribution in [0.1, 0.15) is 15.9 Å². The van der Waals surface area contributed by atoms with Crippen LogP contribution in [0.15, 0.2) is 42.5 Å². The number of benzene rings is 2. The molecule has 0 radical (unpaired) electrons. The Balaban J connectivity index is 2.49. The minimum atomic E-state index is -0.712. The molecule has 0 N–H and O–H groups in total. The third-order valence-electron chi connectivity index (χ3n) is 2.77. The fourth-order valence-electron chi connectivity index (χ4n) is 1.81. The minimum Gasteiger partial charge on any atom is -0.493 e. The number of rotatable bonds is 4. The van der Waals surface area contributed by atoms with E-state index in [1.54, 1.807) is 30.3 Å². The standard InChI is InChI=1S/C15H13FO3/c1-18-12-9-8-11(13(16)15(12)19-2)14(17)10-6-4-3-5-7-10/h3-9H,1-2H3. The van der Waals surface area contributed by atoms with Crippen molar-refractivity contribution >= 4 is 5.78 Å². The molecule has 0 aliphatic heterocycles. The molecule has 4 heteroatoms. The summed E-state index contributed by atoms with van der Waals surface area (Å²) in [5.41, 5.74) is 0.387. The number of hydrogen-bond acceptors (Lipinski definition) is 3. The monoisotopic (exact) mass is 260 g/mol. The van der Waals surface area contributed by atoms with E-state index in [1.807, 2.05) is 0 Å². The Hall–Kier alpha value is -2.36. The van der Waals surface area contributed by atoms with E-state index in [4.69, 9.17) is 9.47 Å². The summed E-state index contributed by atoms with van der Waals surface area (Å²) in [6, 6.07) is 11.4. The Bertz CT molecular complexity index is 594. The zero-order valence-corrected chi connectivity index (χ0v) is 10.6. The van der Waals surface area contributed by atoms with Crippen LogP contribution < -0.4 is 9.47 Å². The number of carbonyl (C=O) groups is 1. The molecule has 2 rings (SSSR count). The first-order valence-electron chi connectivity index (χ1n) is 5.69. The number of carbonyl (C=O) groups excluding carboxylic acids is 1. The van der Waals surface area contributed by atoms with Gasteiger partial charge in [0, 0.05) is 5.56 Å². The van der Waals surface area contributed by atoms with Crippen LogP contribution >= 0.6 is 0 Å². The van der Waals surface area contributed by atoms with Gasteiger partial charge in [-0.1, -0.05) is 30.3 Å². The van der Waals surface area contributed by atoms with Crippen molar-refractivity contribution in [1.82, 2.24) is 0 Å². The van der Waals surface area contributed by atoms with Gasteiger partial charge in [0.1, 0.15) is 0 Å². The van der Waals surface area contributed by atoms with E-state index in [0.717, 1.165) is 0 Å². The number of ketones is 1. The maximum absolute atomic E-state index is 14.2. The fraction of sp³-hybridized carbons (Fsp3) is 0.133. The average molecular weight is 260 g/mol. The lowest BCUT2D eigenvalue weighted by molar-refractivity contribution is 0.103. The van der Waals surface area contributed by atoms with Crippen LogP contribution in [0, 0.1) is 5.82 Å². The molecule has 0 atom stereocenters. The second kappa shape index (κ2) is 5.52. The fourth-order valence-corrected chi connectivity index (χ4v) is 1.81. The molecule has 0 saturated heterocycles. The van der Waals surface area contributed by atoms with Gasteiger partial charge in [0.05, 0.1) is 19.8 Å². The van der Waals surface area contributed by atoms with E-state index in [9.17, 15) is 9.18 Å². The molecule has 2 aromatic rings. The lowest BCUT2D eigenvalue weighted by Crippen LogP contribution is -2.06. The molecule has 0 unspecified atom stereocenters. The Kier molecular flexibility index (Phi) is 3.80. The minimum absolute atomic E-state index is 0.0381. The van der Waals surface area contributed by atoms with Gasteiger partial charge >= 0.3 is 0 Å². The van der Waals surface area contributed by atoms with Gasteiger partial charge in [-0.05, 0) is 12.1 Å². The molecule has 0 aliphatic carbocycles. The highest BCUT2D eigenvalue weighted by atomic mass is 19.1. The van der Waals surface area contributed by atoms with Crippen LogP contribution in [0.25, 0.3) is 0 Å². The Morgan fingerprint density at radius 1 is 1.00 bits per heavy atom. The predicted molar refractivity (Wildman–Crippen MR) is 69.4 cm³/mol. The highest BCUT2D eigenvalue weighted by molar-refractivity contribution is 6.09. The molecule has 0 bridgehead atoms. The average Bonchev–Trinajstić information content (AvgIpc) is 2.47. The molecule has 0 aromatic heterocycles. The molecule has 19 heavy (non-hydrogen) atoms. The first-order valence-corrected chi connectivity index (χ1v) is 5.69. The zero-order chi connectivity index (χ0) is 13.8. The van der Waals surface area contributed by atoms with E-state index in [2.05, 4.69) is 0 Å². The van der Waals surface area contributed by atoms with Gasteiger partial charge in [-0.15, -0.1) is 0 Å². The van der Waals surface area contributed by atoms with Crippen LogP contribution in [0.2, 0.25) is 0 Å². The molecular formula is C15H13FO3. The predicted octanol–water partition coefficient (Wildman–Crippen LogP) is 3.07.